The molecule has 22 heavy (non-hydrogen) atoms. The maximum atomic E-state index is 12.5. The first-order valence-electron chi connectivity index (χ1n) is 8.52. The van der Waals surface area contributed by atoms with Crippen LogP contribution in [0.4, 0.5) is 0 Å². The zero-order valence-corrected chi connectivity index (χ0v) is 14.3. The second kappa shape index (κ2) is 8.26. The number of sulfonamides is 1. The molecule has 0 radical (unpaired) electrons. The molecule has 1 saturated heterocycles. The number of carbonyl (C=O) groups is 1. The molecule has 0 spiro atoms. The van der Waals surface area contributed by atoms with E-state index in [4.69, 9.17) is 0 Å². The fourth-order valence-corrected chi connectivity index (χ4v) is 4.87. The molecule has 0 aromatic carbocycles. The summed E-state index contributed by atoms with van der Waals surface area (Å²) < 4.78 is 27.4. The van der Waals surface area contributed by atoms with Gasteiger partial charge in [0.05, 0.1) is 5.25 Å². The lowest BCUT2D eigenvalue weighted by molar-refractivity contribution is -0.136. The van der Waals surface area contributed by atoms with Crippen molar-refractivity contribution in [1.29, 1.82) is 0 Å². The van der Waals surface area contributed by atoms with Gasteiger partial charge in [-0.05, 0) is 32.2 Å². The van der Waals surface area contributed by atoms with E-state index in [-0.39, 0.29) is 11.8 Å². The van der Waals surface area contributed by atoms with Crippen LogP contribution in [0.3, 0.4) is 0 Å². The van der Waals surface area contributed by atoms with Gasteiger partial charge in [-0.3, -0.25) is 4.79 Å². The van der Waals surface area contributed by atoms with Gasteiger partial charge in [-0.15, -0.1) is 0 Å². The summed E-state index contributed by atoms with van der Waals surface area (Å²) in [6.45, 7) is 4.91. The smallest absolute Gasteiger partial charge is 0.225 e. The minimum absolute atomic E-state index is 0.128. The first-order valence-corrected chi connectivity index (χ1v) is 10.1. The van der Waals surface area contributed by atoms with Gasteiger partial charge in [-0.1, -0.05) is 19.8 Å². The molecule has 1 heterocycles. The standard InChI is InChI=1S/C15H29N3O3S/c1-2-16-9-10-17-22(20,21)14-8-5-11-18(12-14)15(19)13-6-3-4-7-13/h13-14,16-17H,2-12H2,1H3. The molecular formula is C15H29N3O3S. The molecule has 0 aromatic heterocycles. The SMILES string of the molecule is CCNCCNS(=O)(=O)C1CCCN(C(=O)C2CCCC2)C1. The van der Waals surface area contributed by atoms with E-state index in [1.54, 1.807) is 4.90 Å². The summed E-state index contributed by atoms with van der Waals surface area (Å²) in [7, 11) is -3.34. The molecule has 2 fully saturated rings. The monoisotopic (exact) mass is 331 g/mol. The molecule has 1 amide bonds. The first-order chi connectivity index (χ1) is 10.5. The van der Waals surface area contributed by atoms with Crippen molar-refractivity contribution >= 4 is 15.9 Å². The van der Waals surface area contributed by atoms with Crippen LogP contribution < -0.4 is 10.0 Å². The van der Waals surface area contributed by atoms with Crippen molar-refractivity contribution in [2.75, 3.05) is 32.7 Å². The molecule has 1 unspecified atom stereocenters. The molecule has 0 bridgehead atoms. The van der Waals surface area contributed by atoms with Gasteiger partial charge in [0, 0.05) is 32.1 Å². The molecule has 0 aromatic rings. The number of likely N-dealkylation sites (N-methyl/N-ethyl adjacent to an activating group) is 1. The third-order valence-electron chi connectivity index (χ3n) is 4.69. The Morgan fingerprint density at radius 2 is 1.86 bits per heavy atom. The minimum Gasteiger partial charge on any atom is -0.341 e. The van der Waals surface area contributed by atoms with Gasteiger partial charge in [0.1, 0.15) is 0 Å². The van der Waals surface area contributed by atoms with E-state index >= 15 is 0 Å². The van der Waals surface area contributed by atoms with Crippen LogP contribution in [0.2, 0.25) is 0 Å². The molecule has 6 nitrogen and oxygen atoms in total. The molecule has 128 valence electrons. The van der Waals surface area contributed by atoms with Crippen LogP contribution in [-0.2, 0) is 14.8 Å². The predicted octanol–water partition coefficient (Wildman–Crippen LogP) is 0.697. The van der Waals surface area contributed by atoms with Crippen LogP contribution in [0.25, 0.3) is 0 Å². The van der Waals surface area contributed by atoms with Crippen molar-refractivity contribution in [2.45, 2.75) is 50.7 Å². The van der Waals surface area contributed by atoms with Crippen LogP contribution in [0, 0.1) is 5.92 Å². The molecule has 1 atom stereocenters. The number of amides is 1. The van der Waals surface area contributed by atoms with Crippen LogP contribution in [0.15, 0.2) is 0 Å². The lowest BCUT2D eigenvalue weighted by Gasteiger charge is -2.34. The van der Waals surface area contributed by atoms with Gasteiger partial charge in [-0.2, -0.15) is 0 Å². The number of nitrogens with zero attached hydrogens (tertiary/aromatic N) is 1. The van der Waals surface area contributed by atoms with Crippen molar-refractivity contribution < 1.29 is 13.2 Å². The average molecular weight is 331 g/mol. The number of carbonyl (C=O) groups excluding carboxylic acids is 1. The topological polar surface area (TPSA) is 78.5 Å². The molecule has 1 aliphatic carbocycles. The van der Waals surface area contributed by atoms with Crippen molar-refractivity contribution in [2.24, 2.45) is 5.92 Å². The highest BCUT2D eigenvalue weighted by molar-refractivity contribution is 7.90. The van der Waals surface area contributed by atoms with Crippen molar-refractivity contribution in [3.8, 4) is 0 Å². The van der Waals surface area contributed by atoms with E-state index in [1.807, 2.05) is 6.92 Å². The van der Waals surface area contributed by atoms with Crippen molar-refractivity contribution in [3.05, 3.63) is 0 Å². The predicted molar refractivity (Wildman–Crippen MR) is 87.0 cm³/mol. The van der Waals surface area contributed by atoms with Crippen LogP contribution in [0.5, 0.6) is 0 Å². The summed E-state index contributed by atoms with van der Waals surface area (Å²) in [6, 6.07) is 0. The normalized spacial score (nSPS) is 23.9. The molecule has 7 heteroatoms. The van der Waals surface area contributed by atoms with Crippen LogP contribution in [0.1, 0.15) is 45.4 Å². The highest BCUT2D eigenvalue weighted by atomic mass is 32.2. The molecule has 1 aliphatic heterocycles. The second-order valence-electron chi connectivity index (χ2n) is 6.32. The van der Waals surface area contributed by atoms with E-state index in [0.717, 1.165) is 38.6 Å². The molecule has 2 aliphatic rings. The number of hydrogen-bond acceptors (Lipinski definition) is 4. The van der Waals surface area contributed by atoms with E-state index < -0.39 is 15.3 Å². The Labute approximate surface area is 134 Å². The van der Waals surface area contributed by atoms with Crippen LogP contribution >= 0.6 is 0 Å². The summed E-state index contributed by atoms with van der Waals surface area (Å²) in [5, 5.41) is 2.63. The number of rotatable bonds is 7. The highest BCUT2D eigenvalue weighted by Gasteiger charge is 2.35. The Balaban J connectivity index is 1.87. The van der Waals surface area contributed by atoms with E-state index in [2.05, 4.69) is 10.0 Å². The molecular weight excluding hydrogens is 302 g/mol. The minimum atomic E-state index is -3.34. The van der Waals surface area contributed by atoms with E-state index in [9.17, 15) is 13.2 Å². The summed E-state index contributed by atoms with van der Waals surface area (Å²) in [5.74, 6) is 0.299. The Bertz CT molecular complexity index is 461. The Kier molecular flexibility index (Phi) is 6.65. The number of hydrogen-bond donors (Lipinski definition) is 2. The lowest BCUT2D eigenvalue weighted by atomic mass is 10.0. The van der Waals surface area contributed by atoms with Crippen LogP contribution in [-0.4, -0.2) is 57.2 Å². The average Bonchev–Trinajstić information content (AvgIpc) is 3.05. The number of likely N-dealkylation sites (tertiary alicyclic amines) is 1. The van der Waals surface area contributed by atoms with Gasteiger partial charge < -0.3 is 10.2 Å². The van der Waals surface area contributed by atoms with E-state index in [0.29, 0.717) is 32.6 Å². The molecule has 2 N–H and O–H groups in total. The zero-order valence-electron chi connectivity index (χ0n) is 13.5. The first kappa shape index (κ1) is 17.7. The quantitative estimate of drug-likeness (QED) is 0.673. The zero-order chi connectivity index (χ0) is 16.0. The van der Waals surface area contributed by atoms with Crippen molar-refractivity contribution in [1.82, 2.24) is 14.9 Å². The summed E-state index contributed by atoms with van der Waals surface area (Å²) >= 11 is 0. The molecule has 2 rings (SSSR count). The van der Waals surface area contributed by atoms with Gasteiger partial charge >= 0.3 is 0 Å². The highest BCUT2D eigenvalue weighted by Crippen LogP contribution is 2.28. The Hall–Kier alpha value is -0.660. The number of piperidine rings is 1. The van der Waals surface area contributed by atoms with E-state index in [1.165, 1.54) is 0 Å². The molecule has 1 saturated carbocycles. The second-order valence-corrected chi connectivity index (χ2v) is 8.37. The van der Waals surface area contributed by atoms with Gasteiger partial charge in [0.15, 0.2) is 0 Å². The summed E-state index contributed by atoms with van der Waals surface area (Å²) in [6.07, 6.45) is 5.60. The Morgan fingerprint density at radius 1 is 1.14 bits per heavy atom. The fraction of sp³-hybridized carbons (Fsp3) is 0.933. The fourth-order valence-electron chi connectivity index (χ4n) is 3.40. The maximum absolute atomic E-state index is 12.5. The van der Waals surface area contributed by atoms with Crippen molar-refractivity contribution in [3.63, 3.8) is 0 Å². The largest absolute Gasteiger partial charge is 0.341 e. The third kappa shape index (κ3) is 4.67. The third-order valence-corrected chi connectivity index (χ3v) is 6.56. The summed E-state index contributed by atoms with van der Waals surface area (Å²) in [4.78, 5) is 14.3. The Morgan fingerprint density at radius 3 is 2.55 bits per heavy atom. The summed E-state index contributed by atoms with van der Waals surface area (Å²) in [5.41, 5.74) is 0. The maximum Gasteiger partial charge on any atom is 0.225 e. The lowest BCUT2D eigenvalue weighted by Crippen LogP contribution is -2.50. The van der Waals surface area contributed by atoms with Gasteiger partial charge in [0.2, 0.25) is 15.9 Å². The van der Waals surface area contributed by atoms with Gasteiger partial charge in [0.25, 0.3) is 0 Å². The van der Waals surface area contributed by atoms with Gasteiger partial charge in [-0.25, -0.2) is 13.1 Å². The number of nitrogens with one attached hydrogen (secondary N) is 2.